The molecule has 1 aliphatic rings. The Bertz CT molecular complexity index is 1060. The number of hydrogen-bond donors (Lipinski definition) is 3. The summed E-state index contributed by atoms with van der Waals surface area (Å²) in [6, 6.07) is 7.61. The van der Waals surface area contributed by atoms with Gasteiger partial charge in [0.2, 0.25) is 11.8 Å². The highest BCUT2D eigenvalue weighted by Gasteiger charge is 2.31. The van der Waals surface area contributed by atoms with Gasteiger partial charge in [-0.25, -0.2) is 4.98 Å². The first-order valence-electron chi connectivity index (χ1n) is 11.9. The van der Waals surface area contributed by atoms with Crippen molar-refractivity contribution in [2.75, 3.05) is 13.7 Å². The molecular formula is C26H31F3N4O3. The van der Waals surface area contributed by atoms with E-state index >= 15 is 0 Å². The number of halogens is 3. The van der Waals surface area contributed by atoms with Crippen LogP contribution in [-0.4, -0.2) is 42.2 Å². The molecule has 2 aromatic rings. The Morgan fingerprint density at radius 2 is 1.89 bits per heavy atom. The van der Waals surface area contributed by atoms with E-state index in [2.05, 4.69) is 15.6 Å². The van der Waals surface area contributed by atoms with Crippen molar-refractivity contribution in [1.29, 1.82) is 5.41 Å². The van der Waals surface area contributed by atoms with Crippen molar-refractivity contribution >= 4 is 17.5 Å². The van der Waals surface area contributed by atoms with Gasteiger partial charge in [0.05, 0.1) is 19.2 Å². The Hall–Kier alpha value is -3.43. The van der Waals surface area contributed by atoms with Crippen molar-refractivity contribution < 1.29 is 27.5 Å². The Morgan fingerprint density at radius 3 is 2.50 bits per heavy atom. The fourth-order valence-corrected chi connectivity index (χ4v) is 4.50. The number of alkyl halides is 3. The van der Waals surface area contributed by atoms with E-state index in [-0.39, 0.29) is 24.1 Å². The number of carbonyl (C=O) groups is 2. The van der Waals surface area contributed by atoms with Crippen LogP contribution in [0.5, 0.6) is 5.88 Å². The lowest BCUT2D eigenvalue weighted by Crippen LogP contribution is -2.42. The summed E-state index contributed by atoms with van der Waals surface area (Å²) in [7, 11) is 1.58. The summed E-state index contributed by atoms with van der Waals surface area (Å²) in [5.74, 6) is -0.0790. The van der Waals surface area contributed by atoms with Gasteiger partial charge in [-0.1, -0.05) is 12.1 Å². The molecule has 1 aromatic carbocycles. The van der Waals surface area contributed by atoms with Crippen LogP contribution >= 0.6 is 0 Å². The summed E-state index contributed by atoms with van der Waals surface area (Å²) >= 11 is 0. The van der Waals surface area contributed by atoms with Crippen LogP contribution in [0.15, 0.2) is 42.6 Å². The molecule has 10 heteroatoms. The number of amides is 2. The fourth-order valence-electron chi connectivity index (χ4n) is 4.50. The molecule has 7 nitrogen and oxygen atoms in total. The molecule has 0 unspecified atom stereocenters. The highest BCUT2D eigenvalue weighted by molar-refractivity contribution is 5.96. The zero-order valence-corrected chi connectivity index (χ0v) is 20.3. The van der Waals surface area contributed by atoms with Gasteiger partial charge in [-0.3, -0.25) is 9.59 Å². The van der Waals surface area contributed by atoms with Gasteiger partial charge < -0.3 is 20.8 Å². The third-order valence-corrected chi connectivity index (χ3v) is 6.45. The summed E-state index contributed by atoms with van der Waals surface area (Å²) < 4.78 is 43.6. The summed E-state index contributed by atoms with van der Waals surface area (Å²) in [6.45, 7) is 1.42. The van der Waals surface area contributed by atoms with E-state index in [0.29, 0.717) is 23.9 Å². The molecule has 1 aromatic heterocycles. The van der Waals surface area contributed by atoms with Gasteiger partial charge in [0.15, 0.2) is 0 Å². The number of methoxy groups -OCH3 is 1. The van der Waals surface area contributed by atoms with Gasteiger partial charge in [0, 0.05) is 36.0 Å². The highest BCUT2D eigenvalue weighted by atomic mass is 19.4. The lowest BCUT2D eigenvalue weighted by atomic mass is 9.76. The number of rotatable bonds is 9. The first-order valence-corrected chi connectivity index (χ1v) is 11.9. The second-order valence-corrected chi connectivity index (χ2v) is 9.14. The second-order valence-electron chi connectivity index (χ2n) is 9.14. The Labute approximate surface area is 208 Å². The maximum Gasteiger partial charge on any atom is 0.416 e. The third kappa shape index (κ3) is 7.53. The quantitative estimate of drug-likeness (QED) is 0.430. The van der Waals surface area contributed by atoms with Gasteiger partial charge in [-0.15, -0.1) is 0 Å². The standard InChI is InChI=1S/C26H31F3N4O3/c1-16(33-23(34)15-32-25(35)19-4-3-5-21(13-19)26(27,28)29)12-22(30)18-8-6-17(7-9-18)20-10-11-24(36-2)31-14-20/h3-5,10-11,13-14,16-18,30H,6-9,12,15H2,1-2H3,(H,32,35)(H,33,34)/t16-,17?,18?/m1/s1. The number of nitrogens with one attached hydrogen (secondary N) is 3. The van der Waals surface area contributed by atoms with Gasteiger partial charge in [0.25, 0.3) is 5.91 Å². The molecule has 36 heavy (non-hydrogen) atoms. The van der Waals surface area contributed by atoms with E-state index in [1.54, 1.807) is 14.0 Å². The van der Waals surface area contributed by atoms with Crippen LogP contribution < -0.4 is 15.4 Å². The van der Waals surface area contributed by atoms with Crippen LogP contribution in [-0.2, 0) is 11.0 Å². The Balaban J connectivity index is 1.40. The maximum atomic E-state index is 12.8. The first kappa shape index (κ1) is 27.2. The maximum absolute atomic E-state index is 12.8. The predicted molar refractivity (Wildman–Crippen MR) is 129 cm³/mol. The number of pyridine rings is 1. The molecular weight excluding hydrogens is 473 g/mol. The van der Waals surface area contributed by atoms with Crippen LogP contribution in [0, 0.1) is 11.3 Å². The average molecular weight is 505 g/mol. The van der Waals surface area contributed by atoms with E-state index in [9.17, 15) is 22.8 Å². The summed E-state index contributed by atoms with van der Waals surface area (Å²) in [6.07, 6.45) is 1.39. The largest absolute Gasteiger partial charge is 0.481 e. The van der Waals surface area contributed by atoms with Crippen molar-refractivity contribution in [3.8, 4) is 5.88 Å². The number of nitrogens with zero attached hydrogens (tertiary/aromatic N) is 1. The van der Waals surface area contributed by atoms with Crippen molar-refractivity contribution in [2.24, 2.45) is 5.92 Å². The topological polar surface area (TPSA) is 104 Å². The van der Waals surface area contributed by atoms with Gasteiger partial charge in [0.1, 0.15) is 0 Å². The minimum Gasteiger partial charge on any atom is -0.481 e. The molecule has 0 spiro atoms. The molecule has 3 N–H and O–H groups in total. The minimum absolute atomic E-state index is 0.160. The third-order valence-electron chi connectivity index (χ3n) is 6.45. The number of carbonyl (C=O) groups excluding carboxylic acids is 2. The monoisotopic (exact) mass is 504 g/mol. The van der Waals surface area contributed by atoms with E-state index in [0.717, 1.165) is 43.9 Å². The second kappa shape index (κ2) is 12.0. The van der Waals surface area contributed by atoms with Crippen molar-refractivity contribution in [3.05, 3.63) is 59.3 Å². The van der Waals surface area contributed by atoms with Gasteiger partial charge in [-0.05, 0) is 68.2 Å². The van der Waals surface area contributed by atoms with Crippen LogP contribution in [0.4, 0.5) is 13.2 Å². The lowest BCUT2D eigenvalue weighted by molar-refractivity contribution is -0.137. The lowest BCUT2D eigenvalue weighted by Gasteiger charge is -2.30. The predicted octanol–water partition coefficient (Wildman–Crippen LogP) is 4.73. The molecule has 3 rings (SSSR count). The molecule has 1 saturated carbocycles. The van der Waals surface area contributed by atoms with Crippen LogP contribution in [0.1, 0.15) is 66.4 Å². The van der Waals surface area contributed by atoms with Crippen molar-refractivity contribution in [2.45, 2.75) is 57.2 Å². The number of benzene rings is 1. The number of hydrogen-bond acceptors (Lipinski definition) is 5. The Morgan fingerprint density at radius 1 is 1.17 bits per heavy atom. The summed E-state index contributed by atoms with van der Waals surface area (Å²) in [4.78, 5) is 28.7. The molecule has 0 aliphatic heterocycles. The van der Waals surface area contributed by atoms with E-state index in [1.807, 2.05) is 18.3 Å². The van der Waals surface area contributed by atoms with Crippen molar-refractivity contribution in [3.63, 3.8) is 0 Å². The van der Waals surface area contributed by atoms with Crippen LogP contribution in [0.2, 0.25) is 0 Å². The van der Waals surface area contributed by atoms with Gasteiger partial charge >= 0.3 is 6.18 Å². The summed E-state index contributed by atoms with van der Waals surface area (Å²) in [5, 5.41) is 13.6. The molecule has 0 bridgehead atoms. The zero-order chi connectivity index (χ0) is 26.3. The molecule has 194 valence electrons. The minimum atomic E-state index is -4.56. The Kier molecular flexibility index (Phi) is 9.06. The van der Waals surface area contributed by atoms with E-state index in [1.165, 1.54) is 11.6 Å². The molecule has 2 amide bonds. The first-order chi connectivity index (χ1) is 17.1. The molecule has 1 aliphatic carbocycles. The smallest absolute Gasteiger partial charge is 0.416 e. The van der Waals surface area contributed by atoms with Crippen LogP contribution in [0.3, 0.4) is 0 Å². The molecule has 0 saturated heterocycles. The molecule has 1 fully saturated rings. The molecule has 1 heterocycles. The average Bonchev–Trinajstić information content (AvgIpc) is 2.87. The van der Waals surface area contributed by atoms with Gasteiger partial charge in [-0.2, -0.15) is 13.2 Å². The van der Waals surface area contributed by atoms with Crippen LogP contribution in [0.25, 0.3) is 0 Å². The number of ether oxygens (including phenoxy) is 1. The number of aromatic nitrogens is 1. The SMILES string of the molecule is COc1ccc(C2CCC(C(=N)C[C@@H](C)NC(=O)CNC(=O)c3cccc(C(F)(F)F)c3)CC2)cn1. The molecule has 1 atom stereocenters. The summed E-state index contributed by atoms with van der Waals surface area (Å²) in [5.41, 5.74) is 0.658. The highest BCUT2D eigenvalue weighted by Crippen LogP contribution is 2.36. The zero-order valence-electron chi connectivity index (χ0n) is 20.3. The normalized spacial score (nSPS) is 18.7. The van der Waals surface area contributed by atoms with Crippen molar-refractivity contribution in [1.82, 2.24) is 15.6 Å². The van der Waals surface area contributed by atoms with E-state index < -0.39 is 23.6 Å². The molecule has 0 radical (unpaired) electrons. The van der Waals surface area contributed by atoms with E-state index in [4.69, 9.17) is 10.1 Å². The fraction of sp³-hybridized carbons (Fsp3) is 0.462.